The highest BCUT2D eigenvalue weighted by atomic mass is 35.5. The second-order valence-electron chi connectivity index (χ2n) is 10.3. The van der Waals surface area contributed by atoms with E-state index in [1.165, 1.54) is 29.2 Å². The predicted octanol–water partition coefficient (Wildman–Crippen LogP) is 6.01. The summed E-state index contributed by atoms with van der Waals surface area (Å²) in [6.45, 7) is 3.99. The van der Waals surface area contributed by atoms with Crippen molar-refractivity contribution in [2.45, 2.75) is 44.2 Å². The number of para-hydroxylation sites is 1. The number of amides is 2. The number of aryl methyl sites for hydroxylation is 1. The molecule has 0 aliphatic carbocycles. The largest absolute Gasteiger partial charge is 0.354 e. The molecular weight excluding hydrogens is 582 g/mol. The van der Waals surface area contributed by atoms with Crippen molar-refractivity contribution in [3.05, 3.63) is 131 Å². The first kappa shape index (κ1) is 31.8. The van der Waals surface area contributed by atoms with Gasteiger partial charge in [0.1, 0.15) is 12.6 Å². The van der Waals surface area contributed by atoms with Gasteiger partial charge in [0.25, 0.3) is 10.0 Å². The standard InChI is InChI=1S/C34H36ClN3O4S/c1-3-21-36-34(40)32(23-27-12-6-4-7-13-27)37(24-28-14-10-11-26(2)22-28)33(39)25-38(30-15-8-5-9-16-30)43(41,42)31-19-17-29(35)18-20-31/h4-20,22,32H,3,21,23-25H2,1-2H3,(H,36,40)/t32-/m1/s1. The first-order valence-corrected chi connectivity index (χ1v) is 16.0. The average Bonchev–Trinajstić information content (AvgIpc) is 3.01. The van der Waals surface area contributed by atoms with E-state index in [0.717, 1.165) is 27.4 Å². The van der Waals surface area contributed by atoms with Crippen LogP contribution in [0.15, 0.2) is 114 Å². The minimum Gasteiger partial charge on any atom is -0.354 e. The lowest BCUT2D eigenvalue weighted by molar-refractivity contribution is -0.140. The quantitative estimate of drug-likeness (QED) is 0.199. The Morgan fingerprint density at radius 1 is 0.837 bits per heavy atom. The lowest BCUT2D eigenvalue weighted by Crippen LogP contribution is -2.53. The number of nitrogens with one attached hydrogen (secondary N) is 1. The van der Waals surface area contributed by atoms with E-state index in [1.54, 1.807) is 30.3 Å². The lowest BCUT2D eigenvalue weighted by atomic mass is 10.0. The van der Waals surface area contributed by atoms with Gasteiger partial charge in [0.15, 0.2) is 0 Å². The van der Waals surface area contributed by atoms with Gasteiger partial charge in [0.05, 0.1) is 10.6 Å². The molecule has 2 amide bonds. The summed E-state index contributed by atoms with van der Waals surface area (Å²) in [4.78, 5) is 29.5. The molecule has 1 N–H and O–H groups in total. The minimum atomic E-state index is -4.17. The number of hydrogen-bond donors (Lipinski definition) is 1. The Balaban J connectivity index is 1.78. The molecule has 7 nitrogen and oxygen atoms in total. The minimum absolute atomic E-state index is 0.000289. The molecule has 1 atom stereocenters. The van der Waals surface area contributed by atoms with Crippen LogP contribution in [0.2, 0.25) is 5.02 Å². The average molecular weight is 618 g/mol. The van der Waals surface area contributed by atoms with Gasteiger partial charge >= 0.3 is 0 Å². The molecule has 0 aliphatic rings. The summed E-state index contributed by atoms with van der Waals surface area (Å²) in [5.74, 6) is -0.797. The maximum absolute atomic E-state index is 14.4. The normalized spacial score (nSPS) is 11.9. The van der Waals surface area contributed by atoms with Crippen LogP contribution >= 0.6 is 11.6 Å². The first-order chi connectivity index (χ1) is 20.7. The Morgan fingerprint density at radius 2 is 1.47 bits per heavy atom. The zero-order valence-corrected chi connectivity index (χ0v) is 25.9. The van der Waals surface area contributed by atoms with Crippen LogP contribution in [-0.4, -0.2) is 44.3 Å². The second kappa shape index (κ2) is 14.8. The monoisotopic (exact) mass is 617 g/mol. The maximum Gasteiger partial charge on any atom is 0.264 e. The summed E-state index contributed by atoms with van der Waals surface area (Å²) in [5.41, 5.74) is 3.06. The van der Waals surface area contributed by atoms with Gasteiger partial charge in [-0.15, -0.1) is 0 Å². The first-order valence-electron chi connectivity index (χ1n) is 14.2. The Bertz CT molecular complexity index is 1610. The Hall–Kier alpha value is -4.14. The molecule has 4 aromatic carbocycles. The molecule has 0 fully saturated rings. The van der Waals surface area contributed by atoms with E-state index in [9.17, 15) is 18.0 Å². The van der Waals surface area contributed by atoms with Crippen molar-refractivity contribution in [2.75, 3.05) is 17.4 Å². The van der Waals surface area contributed by atoms with Crippen LogP contribution in [0.1, 0.15) is 30.0 Å². The van der Waals surface area contributed by atoms with Gasteiger partial charge in [0.2, 0.25) is 11.8 Å². The van der Waals surface area contributed by atoms with E-state index >= 15 is 0 Å². The van der Waals surface area contributed by atoms with Gasteiger partial charge in [-0.25, -0.2) is 8.42 Å². The summed E-state index contributed by atoms with van der Waals surface area (Å²) in [6.07, 6.45) is 1.000. The lowest BCUT2D eigenvalue weighted by Gasteiger charge is -2.34. The molecule has 0 heterocycles. The van der Waals surface area contributed by atoms with Crippen molar-refractivity contribution < 1.29 is 18.0 Å². The fraction of sp³-hybridized carbons (Fsp3) is 0.235. The molecule has 0 saturated heterocycles. The molecular formula is C34H36ClN3O4S. The molecule has 4 rings (SSSR count). The smallest absolute Gasteiger partial charge is 0.264 e. The van der Waals surface area contributed by atoms with Crippen molar-refractivity contribution in [3.63, 3.8) is 0 Å². The third kappa shape index (κ3) is 8.46. The van der Waals surface area contributed by atoms with Crippen molar-refractivity contribution in [3.8, 4) is 0 Å². The van der Waals surface area contributed by atoms with E-state index in [-0.39, 0.29) is 23.8 Å². The molecule has 43 heavy (non-hydrogen) atoms. The van der Waals surface area contributed by atoms with Crippen LogP contribution in [0.5, 0.6) is 0 Å². The van der Waals surface area contributed by atoms with Crippen molar-refractivity contribution in [1.29, 1.82) is 0 Å². The zero-order chi connectivity index (χ0) is 30.8. The van der Waals surface area contributed by atoms with Gasteiger partial charge in [-0.05, 0) is 60.9 Å². The Kier molecular flexibility index (Phi) is 11.0. The van der Waals surface area contributed by atoms with E-state index in [4.69, 9.17) is 11.6 Å². The summed E-state index contributed by atoms with van der Waals surface area (Å²) in [5, 5.41) is 3.35. The second-order valence-corrected chi connectivity index (χ2v) is 12.6. The molecule has 0 bridgehead atoms. The molecule has 0 aliphatic heterocycles. The number of halogens is 1. The zero-order valence-electron chi connectivity index (χ0n) is 24.3. The van der Waals surface area contributed by atoms with Crippen LogP contribution in [0, 0.1) is 6.92 Å². The number of carbonyl (C=O) groups is 2. The summed E-state index contributed by atoms with van der Waals surface area (Å²) < 4.78 is 29.0. The third-order valence-corrected chi connectivity index (χ3v) is 9.02. The van der Waals surface area contributed by atoms with Gasteiger partial charge in [-0.2, -0.15) is 0 Å². The van der Waals surface area contributed by atoms with Gasteiger partial charge in [-0.3, -0.25) is 13.9 Å². The van der Waals surface area contributed by atoms with Crippen LogP contribution in [0.3, 0.4) is 0 Å². The molecule has 9 heteroatoms. The van der Waals surface area contributed by atoms with Crippen LogP contribution in [0.4, 0.5) is 5.69 Å². The highest BCUT2D eigenvalue weighted by Crippen LogP contribution is 2.26. The maximum atomic E-state index is 14.4. The summed E-state index contributed by atoms with van der Waals surface area (Å²) in [6, 6.07) is 30.6. The van der Waals surface area contributed by atoms with Crippen molar-refractivity contribution in [2.24, 2.45) is 0 Å². The fourth-order valence-electron chi connectivity index (χ4n) is 4.78. The molecule has 224 valence electrons. The number of anilines is 1. The fourth-order valence-corrected chi connectivity index (χ4v) is 6.32. The van der Waals surface area contributed by atoms with Gasteiger partial charge in [-0.1, -0.05) is 96.9 Å². The SMILES string of the molecule is CCCNC(=O)[C@@H](Cc1ccccc1)N(Cc1cccc(C)c1)C(=O)CN(c1ccccc1)S(=O)(=O)c1ccc(Cl)cc1. The Morgan fingerprint density at radius 3 is 2.09 bits per heavy atom. The van der Waals surface area contributed by atoms with E-state index in [2.05, 4.69) is 5.32 Å². The molecule has 0 saturated carbocycles. The third-order valence-electron chi connectivity index (χ3n) is 6.98. The number of benzene rings is 4. The van der Waals surface area contributed by atoms with Gasteiger partial charge < -0.3 is 10.2 Å². The van der Waals surface area contributed by atoms with Gasteiger partial charge in [0, 0.05) is 24.5 Å². The summed E-state index contributed by atoms with van der Waals surface area (Å²) in [7, 11) is -4.17. The molecule has 0 aromatic heterocycles. The number of rotatable bonds is 13. The van der Waals surface area contributed by atoms with Crippen LogP contribution in [0.25, 0.3) is 0 Å². The molecule has 4 aromatic rings. The Labute approximate surface area is 259 Å². The van der Waals surface area contributed by atoms with Crippen molar-refractivity contribution in [1.82, 2.24) is 10.2 Å². The number of hydrogen-bond acceptors (Lipinski definition) is 4. The number of carbonyl (C=O) groups excluding carboxylic acids is 2. The highest BCUT2D eigenvalue weighted by Gasteiger charge is 2.34. The van der Waals surface area contributed by atoms with Crippen LogP contribution in [-0.2, 0) is 32.6 Å². The molecule has 0 radical (unpaired) electrons. The van der Waals surface area contributed by atoms with E-state index in [0.29, 0.717) is 17.3 Å². The number of nitrogens with zero attached hydrogens (tertiary/aromatic N) is 2. The van der Waals surface area contributed by atoms with Crippen molar-refractivity contribution >= 4 is 39.1 Å². The highest BCUT2D eigenvalue weighted by molar-refractivity contribution is 7.92. The number of sulfonamides is 1. The van der Waals surface area contributed by atoms with Crippen LogP contribution < -0.4 is 9.62 Å². The predicted molar refractivity (Wildman–Crippen MR) is 171 cm³/mol. The molecule has 0 spiro atoms. The topological polar surface area (TPSA) is 86.8 Å². The summed E-state index contributed by atoms with van der Waals surface area (Å²) >= 11 is 6.03. The van der Waals surface area contributed by atoms with E-state index in [1.807, 2.05) is 68.4 Å². The molecule has 0 unspecified atom stereocenters. The van der Waals surface area contributed by atoms with E-state index < -0.39 is 28.5 Å².